The number of hydrogen-bond donors (Lipinski definition) is 1. The van der Waals surface area contributed by atoms with Gasteiger partial charge in [0, 0.05) is 12.7 Å². The van der Waals surface area contributed by atoms with Crippen LogP contribution in [-0.2, 0) is 13.5 Å². The summed E-state index contributed by atoms with van der Waals surface area (Å²) in [6.45, 7) is 6.58. The molecule has 0 aromatic carbocycles. The van der Waals surface area contributed by atoms with Crippen LogP contribution in [0, 0.1) is 18.8 Å². The van der Waals surface area contributed by atoms with Gasteiger partial charge in [-0.25, -0.2) is 0 Å². The van der Waals surface area contributed by atoms with E-state index in [4.69, 9.17) is 0 Å². The van der Waals surface area contributed by atoms with E-state index < -0.39 is 0 Å². The summed E-state index contributed by atoms with van der Waals surface area (Å²) >= 11 is 0. The van der Waals surface area contributed by atoms with E-state index in [9.17, 15) is 0 Å². The predicted octanol–water partition coefficient (Wildman–Crippen LogP) is 3.08. The third kappa shape index (κ3) is 4.07. The zero-order valence-corrected chi connectivity index (χ0v) is 12.8. The molecule has 1 N–H and O–H groups in total. The molecule has 1 aromatic heterocycles. The van der Waals surface area contributed by atoms with E-state index in [0.717, 1.165) is 24.1 Å². The third-order valence-corrected chi connectivity index (χ3v) is 4.54. The number of aromatic nitrogens is 2. The van der Waals surface area contributed by atoms with Crippen LogP contribution >= 0.6 is 0 Å². The van der Waals surface area contributed by atoms with Crippen molar-refractivity contribution >= 4 is 0 Å². The molecule has 1 aromatic rings. The third-order valence-electron chi connectivity index (χ3n) is 4.54. The van der Waals surface area contributed by atoms with Crippen LogP contribution in [0.4, 0.5) is 0 Å². The summed E-state index contributed by atoms with van der Waals surface area (Å²) in [5.74, 6) is 1.68. The van der Waals surface area contributed by atoms with E-state index in [1.54, 1.807) is 0 Å². The van der Waals surface area contributed by atoms with Gasteiger partial charge in [-0.1, -0.05) is 26.2 Å². The molecule has 1 heterocycles. The Balaban J connectivity index is 2.02. The Morgan fingerprint density at radius 2 is 2.00 bits per heavy atom. The number of nitrogens with zero attached hydrogens (tertiary/aromatic N) is 2. The number of nitrogens with one attached hydrogen (secondary N) is 1. The second-order valence-electron chi connectivity index (χ2n) is 6.07. The van der Waals surface area contributed by atoms with Crippen LogP contribution in [0.5, 0.6) is 0 Å². The molecule has 1 saturated carbocycles. The standard InChI is InChI=1S/C16H29N3/c1-4-17-12-15-9-7-5-6-8-14(15)11-16-10-13(2)18-19(16)3/h10,14-15,17H,4-9,11-12H2,1-3H3. The summed E-state index contributed by atoms with van der Waals surface area (Å²) in [6.07, 6.45) is 8.23. The lowest BCUT2D eigenvalue weighted by Gasteiger charge is -2.25. The molecule has 0 saturated heterocycles. The molecule has 0 aliphatic heterocycles. The lowest BCUT2D eigenvalue weighted by molar-refractivity contribution is 0.295. The van der Waals surface area contributed by atoms with Crippen molar-refractivity contribution in [2.45, 2.75) is 52.4 Å². The fourth-order valence-corrected chi connectivity index (χ4v) is 3.45. The molecule has 1 aliphatic carbocycles. The van der Waals surface area contributed by atoms with Gasteiger partial charge in [-0.05, 0) is 57.2 Å². The molecule has 0 spiro atoms. The summed E-state index contributed by atoms with van der Waals surface area (Å²) in [5.41, 5.74) is 2.56. The highest BCUT2D eigenvalue weighted by Gasteiger charge is 2.24. The average Bonchev–Trinajstić information content (AvgIpc) is 2.59. The SMILES string of the molecule is CCNCC1CCCCCC1Cc1cc(C)nn1C. The summed E-state index contributed by atoms with van der Waals surface area (Å²) in [6, 6.07) is 2.26. The molecule has 19 heavy (non-hydrogen) atoms. The minimum atomic E-state index is 0.830. The van der Waals surface area contributed by atoms with E-state index in [-0.39, 0.29) is 0 Å². The van der Waals surface area contributed by atoms with Gasteiger partial charge < -0.3 is 5.32 Å². The van der Waals surface area contributed by atoms with Crippen molar-refractivity contribution in [3.8, 4) is 0 Å². The van der Waals surface area contributed by atoms with Crippen LogP contribution < -0.4 is 5.32 Å². The van der Waals surface area contributed by atoms with Crippen molar-refractivity contribution in [1.29, 1.82) is 0 Å². The molecule has 3 heteroatoms. The molecule has 0 bridgehead atoms. The first-order chi connectivity index (χ1) is 9.20. The zero-order valence-electron chi connectivity index (χ0n) is 12.8. The summed E-state index contributed by atoms with van der Waals surface area (Å²) in [7, 11) is 2.08. The quantitative estimate of drug-likeness (QED) is 0.827. The highest BCUT2D eigenvalue weighted by Crippen LogP contribution is 2.31. The fraction of sp³-hybridized carbons (Fsp3) is 0.812. The topological polar surface area (TPSA) is 29.9 Å². The van der Waals surface area contributed by atoms with Gasteiger partial charge in [0.1, 0.15) is 0 Å². The zero-order chi connectivity index (χ0) is 13.7. The van der Waals surface area contributed by atoms with E-state index >= 15 is 0 Å². The van der Waals surface area contributed by atoms with Crippen LogP contribution in [0.25, 0.3) is 0 Å². The first-order valence-corrected chi connectivity index (χ1v) is 7.91. The van der Waals surface area contributed by atoms with Crippen LogP contribution in [0.15, 0.2) is 6.07 Å². The monoisotopic (exact) mass is 263 g/mol. The van der Waals surface area contributed by atoms with Gasteiger partial charge in [-0.3, -0.25) is 4.68 Å². The molecule has 0 amide bonds. The van der Waals surface area contributed by atoms with Gasteiger partial charge >= 0.3 is 0 Å². The van der Waals surface area contributed by atoms with Crippen molar-refractivity contribution in [2.75, 3.05) is 13.1 Å². The van der Waals surface area contributed by atoms with Gasteiger partial charge in [0.15, 0.2) is 0 Å². The molecule has 2 atom stereocenters. The molecular weight excluding hydrogens is 234 g/mol. The fourth-order valence-electron chi connectivity index (χ4n) is 3.45. The molecule has 2 rings (SSSR count). The normalized spacial score (nSPS) is 24.4. The van der Waals surface area contributed by atoms with Crippen LogP contribution in [-0.4, -0.2) is 22.9 Å². The first kappa shape index (κ1) is 14.6. The summed E-state index contributed by atoms with van der Waals surface area (Å²) in [5, 5.41) is 8.05. The van der Waals surface area contributed by atoms with Crippen molar-refractivity contribution in [1.82, 2.24) is 15.1 Å². The molecule has 2 unspecified atom stereocenters. The lowest BCUT2D eigenvalue weighted by Crippen LogP contribution is -2.29. The van der Waals surface area contributed by atoms with Crippen molar-refractivity contribution in [3.05, 3.63) is 17.5 Å². The Labute approximate surface area is 117 Å². The molecule has 1 aliphatic rings. The lowest BCUT2D eigenvalue weighted by atomic mass is 9.84. The highest BCUT2D eigenvalue weighted by molar-refractivity contribution is 5.09. The van der Waals surface area contributed by atoms with E-state index in [2.05, 4.69) is 42.1 Å². The largest absolute Gasteiger partial charge is 0.317 e. The Bertz CT molecular complexity index is 383. The van der Waals surface area contributed by atoms with E-state index in [1.165, 1.54) is 50.8 Å². The highest BCUT2D eigenvalue weighted by atomic mass is 15.3. The van der Waals surface area contributed by atoms with Gasteiger partial charge in [0.05, 0.1) is 5.69 Å². The van der Waals surface area contributed by atoms with E-state index in [1.807, 2.05) is 0 Å². The van der Waals surface area contributed by atoms with Crippen LogP contribution in [0.1, 0.15) is 50.4 Å². The van der Waals surface area contributed by atoms with Crippen molar-refractivity contribution in [3.63, 3.8) is 0 Å². The minimum Gasteiger partial charge on any atom is -0.317 e. The van der Waals surface area contributed by atoms with Gasteiger partial charge in [0.25, 0.3) is 0 Å². The van der Waals surface area contributed by atoms with Gasteiger partial charge in [0.2, 0.25) is 0 Å². The van der Waals surface area contributed by atoms with Gasteiger partial charge in [-0.15, -0.1) is 0 Å². The first-order valence-electron chi connectivity index (χ1n) is 7.91. The molecule has 1 fully saturated rings. The molecule has 3 nitrogen and oxygen atoms in total. The number of hydrogen-bond acceptors (Lipinski definition) is 2. The maximum absolute atomic E-state index is 4.49. The Hall–Kier alpha value is -0.830. The second-order valence-corrected chi connectivity index (χ2v) is 6.07. The van der Waals surface area contributed by atoms with Gasteiger partial charge in [-0.2, -0.15) is 5.10 Å². The second kappa shape index (κ2) is 7.09. The Morgan fingerprint density at radius 1 is 1.26 bits per heavy atom. The average molecular weight is 263 g/mol. The smallest absolute Gasteiger partial charge is 0.0596 e. The number of aryl methyl sites for hydroxylation is 2. The number of rotatable bonds is 5. The van der Waals surface area contributed by atoms with Crippen LogP contribution in [0.3, 0.4) is 0 Å². The maximum Gasteiger partial charge on any atom is 0.0596 e. The Morgan fingerprint density at radius 3 is 2.63 bits per heavy atom. The van der Waals surface area contributed by atoms with Crippen molar-refractivity contribution < 1.29 is 0 Å². The molecule has 0 radical (unpaired) electrons. The minimum absolute atomic E-state index is 0.830. The van der Waals surface area contributed by atoms with Crippen molar-refractivity contribution in [2.24, 2.45) is 18.9 Å². The summed E-state index contributed by atoms with van der Waals surface area (Å²) < 4.78 is 2.07. The molecular formula is C16H29N3. The summed E-state index contributed by atoms with van der Waals surface area (Å²) in [4.78, 5) is 0. The van der Waals surface area contributed by atoms with Crippen LogP contribution in [0.2, 0.25) is 0 Å². The molecule has 108 valence electrons. The van der Waals surface area contributed by atoms with E-state index in [0.29, 0.717) is 0 Å². The predicted molar refractivity (Wildman–Crippen MR) is 80.3 cm³/mol. The maximum atomic E-state index is 4.49. The Kier molecular flexibility index (Phi) is 5.44.